The fourth-order valence-electron chi connectivity index (χ4n) is 3.27. The second-order valence-corrected chi connectivity index (χ2v) is 6.22. The highest BCUT2D eigenvalue weighted by molar-refractivity contribution is 5.89. The lowest BCUT2D eigenvalue weighted by Crippen LogP contribution is -2.33. The van der Waals surface area contributed by atoms with Gasteiger partial charge >= 0.3 is 0 Å². The molecule has 1 aromatic carbocycles. The summed E-state index contributed by atoms with van der Waals surface area (Å²) in [5.74, 6) is 0.558. The quantitative estimate of drug-likeness (QED) is 0.803. The van der Waals surface area contributed by atoms with Crippen LogP contribution in [0.2, 0.25) is 0 Å². The van der Waals surface area contributed by atoms with Gasteiger partial charge in [-0.2, -0.15) is 0 Å². The van der Waals surface area contributed by atoms with Gasteiger partial charge in [-0.25, -0.2) is 9.97 Å². The highest BCUT2D eigenvalue weighted by atomic mass is 16.5. The van der Waals surface area contributed by atoms with Crippen LogP contribution in [0.3, 0.4) is 0 Å². The minimum Gasteiger partial charge on any atom is -0.383 e. The highest BCUT2D eigenvalue weighted by Crippen LogP contribution is 2.38. The maximum absolute atomic E-state index is 5.99. The average Bonchev–Trinajstić information content (AvgIpc) is 2.85. The lowest BCUT2D eigenvalue weighted by Gasteiger charge is -2.36. The third-order valence-electron chi connectivity index (χ3n) is 4.62. The average molecular weight is 308 g/mol. The van der Waals surface area contributed by atoms with Crippen LogP contribution in [-0.2, 0) is 11.3 Å². The van der Waals surface area contributed by atoms with Crippen molar-refractivity contribution >= 4 is 16.9 Å². The van der Waals surface area contributed by atoms with Crippen molar-refractivity contribution in [1.82, 2.24) is 14.5 Å². The molecule has 0 atom stereocenters. The SMILES string of the molecule is Cc1cn(C2CC(OCc3ccccc3)C2)c2ncnc(N)c12. The van der Waals surface area contributed by atoms with Crippen LogP contribution in [0.25, 0.3) is 11.0 Å². The van der Waals surface area contributed by atoms with Crippen LogP contribution >= 0.6 is 0 Å². The lowest BCUT2D eigenvalue weighted by molar-refractivity contribution is -0.0348. The van der Waals surface area contributed by atoms with E-state index in [1.165, 1.54) is 11.9 Å². The molecule has 1 saturated carbocycles. The van der Waals surface area contributed by atoms with Gasteiger partial charge in [0.25, 0.3) is 0 Å². The summed E-state index contributed by atoms with van der Waals surface area (Å²) in [6.45, 7) is 2.74. The van der Waals surface area contributed by atoms with Gasteiger partial charge in [-0.15, -0.1) is 0 Å². The zero-order valence-electron chi connectivity index (χ0n) is 13.1. The summed E-state index contributed by atoms with van der Waals surface area (Å²) in [7, 11) is 0. The number of aromatic nitrogens is 3. The summed E-state index contributed by atoms with van der Waals surface area (Å²) in [4.78, 5) is 8.51. The summed E-state index contributed by atoms with van der Waals surface area (Å²) in [6, 6.07) is 10.7. The molecule has 0 unspecified atom stereocenters. The minimum absolute atomic E-state index is 0.317. The molecule has 3 aromatic rings. The lowest BCUT2D eigenvalue weighted by atomic mass is 9.89. The summed E-state index contributed by atoms with van der Waals surface area (Å²) in [5, 5.41) is 0.973. The van der Waals surface area contributed by atoms with E-state index in [0.717, 1.165) is 29.4 Å². The van der Waals surface area contributed by atoms with Crippen molar-refractivity contribution in [3.8, 4) is 0 Å². The van der Waals surface area contributed by atoms with Crippen molar-refractivity contribution < 1.29 is 4.74 Å². The van der Waals surface area contributed by atoms with Gasteiger partial charge in [0.15, 0.2) is 0 Å². The smallest absolute Gasteiger partial charge is 0.145 e. The molecule has 0 bridgehead atoms. The van der Waals surface area contributed by atoms with Crippen molar-refractivity contribution in [2.75, 3.05) is 5.73 Å². The monoisotopic (exact) mass is 308 g/mol. The normalized spacial score (nSPS) is 20.6. The number of hydrogen-bond donors (Lipinski definition) is 1. The zero-order valence-corrected chi connectivity index (χ0v) is 13.1. The zero-order chi connectivity index (χ0) is 15.8. The first-order chi connectivity index (χ1) is 11.2. The number of nitrogens with zero attached hydrogens (tertiary/aromatic N) is 3. The van der Waals surface area contributed by atoms with Crippen LogP contribution in [0.4, 0.5) is 5.82 Å². The summed E-state index contributed by atoms with van der Waals surface area (Å²) < 4.78 is 8.21. The van der Waals surface area contributed by atoms with E-state index in [9.17, 15) is 0 Å². The standard InChI is InChI=1S/C18H20N4O/c1-12-9-22(18-16(12)17(19)20-11-21-18)14-7-15(8-14)23-10-13-5-3-2-4-6-13/h2-6,9,11,14-15H,7-8,10H2,1H3,(H2,19,20,21). The molecular weight excluding hydrogens is 288 g/mol. The molecule has 0 radical (unpaired) electrons. The third-order valence-corrected chi connectivity index (χ3v) is 4.62. The first-order valence-electron chi connectivity index (χ1n) is 7.95. The number of nitrogen functional groups attached to an aromatic ring is 1. The minimum atomic E-state index is 0.317. The van der Waals surface area contributed by atoms with E-state index in [2.05, 4.69) is 39.8 Å². The summed E-state index contributed by atoms with van der Waals surface area (Å²) >= 11 is 0. The third kappa shape index (κ3) is 2.57. The Hall–Kier alpha value is -2.40. The Morgan fingerprint density at radius 1 is 1.22 bits per heavy atom. The van der Waals surface area contributed by atoms with E-state index in [1.807, 2.05) is 18.2 Å². The molecule has 0 amide bonds. The van der Waals surface area contributed by atoms with Crippen LogP contribution in [-0.4, -0.2) is 20.6 Å². The molecule has 5 nitrogen and oxygen atoms in total. The van der Waals surface area contributed by atoms with Crippen molar-refractivity contribution in [2.45, 2.75) is 38.5 Å². The predicted octanol–water partition coefficient (Wildman–Crippen LogP) is 3.24. The Balaban J connectivity index is 1.43. The molecule has 5 heteroatoms. The number of benzene rings is 1. The van der Waals surface area contributed by atoms with Gasteiger partial charge in [0.05, 0.1) is 18.1 Å². The molecule has 23 heavy (non-hydrogen) atoms. The van der Waals surface area contributed by atoms with Crippen molar-refractivity contribution in [2.24, 2.45) is 0 Å². The number of rotatable bonds is 4. The topological polar surface area (TPSA) is 66.0 Å². The second-order valence-electron chi connectivity index (χ2n) is 6.22. The van der Waals surface area contributed by atoms with Gasteiger partial charge in [0.1, 0.15) is 17.8 Å². The molecule has 118 valence electrons. The molecule has 0 saturated heterocycles. The van der Waals surface area contributed by atoms with Crippen molar-refractivity contribution in [3.05, 3.63) is 54.0 Å². The van der Waals surface area contributed by atoms with Gasteiger partial charge in [-0.05, 0) is 30.9 Å². The molecular formula is C18H20N4O. The second kappa shape index (κ2) is 5.66. The fourth-order valence-corrected chi connectivity index (χ4v) is 3.27. The van der Waals surface area contributed by atoms with E-state index in [1.54, 1.807) is 0 Å². The van der Waals surface area contributed by atoms with E-state index >= 15 is 0 Å². The number of ether oxygens (including phenoxy) is 1. The van der Waals surface area contributed by atoms with E-state index < -0.39 is 0 Å². The highest BCUT2D eigenvalue weighted by Gasteiger charge is 2.32. The number of hydrogen-bond acceptors (Lipinski definition) is 4. The van der Waals surface area contributed by atoms with Crippen molar-refractivity contribution in [1.29, 1.82) is 0 Å². The van der Waals surface area contributed by atoms with Crippen LogP contribution < -0.4 is 5.73 Å². The van der Waals surface area contributed by atoms with Gasteiger partial charge < -0.3 is 15.0 Å². The molecule has 1 aliphatic rings. The Morgan fingerprint density at radius 3 is 2.78 bits per heavy atom. The molecule has 0 aliphatic heterocycles. The fraction of sp³-hybridized carbons (Fsp3) is 0.333. The van der Waals surface area contributed by atoms with Gasteiger partial charge in [0, 0.05) is 12.2 Å². The predicted molar refractivity (Wildman–Crippen MR) is 90.0 cm³/mol. The number of fused-ring (bicyclic) bond motifs is 1. The van der Waals surface area contributed by atoms with E-state index in [-0.39, 0.29) is 0 Å². The number of anilines is 1. The number of aryl methyl sites for hydroxylation is 1. The summed E-state index contributed by atoms with van der Waals surface area (Å²) in [6.07, 6.45) is 6.01. The van der Waals surface area contributed by atoms with Crippen LogP contribution in [0.15, 0.2) is 42.9 Å². The molecule has 2 aromatic heterocycles. The van der Waals surface area contributed by atoms with Gasteiger partial charge in [-0.3, -0.25) is 0 Å². The first-order valence-corrected chi connectivity index (χ1v) is 7.95. The van der Waals surface area contributed by atoms with Crippen molar-refractivity contribution in [3.63, 3.8) is 0 Å². The Bertz CT molecular complexity index is 822. The van der Waals surface area contributed by atoms with Gasteiger partial charge in [-0.1, -0.05) is 30.3 Å². The Kier molecular flexibility index (Phi) is 3.50. The van der Waals surface area contributed by atoms with Crippen LogP contribution in [0.5, 0.6) is 0 Å². The Morgan fingerprint density at radius 2 is 2.00 bits per heavy atom. The van der Waals surface area contributed by atoms with E-state index in [4.69, 9.17) is 10.5 Å². The maximum Gasteiger partial charge on any atom is 0.145 e. The molecule has 2 heterocycles. The Labute approximate surface area is 135 Å². The van der Waals surface area contributed by atoms with E-state index in [0.29, 0.717) is 24.6 Å². The molecule has 1 aliphatic carbocycles. The first kappa shape index (κ1) is 14.2. The van der Waals surface area contributed by atoms with Gasteiger partial charge in [0.2, 0.25) is 0 Å². The molecule has 0 spiro atoms. The van der Waals surface area contributed by atoms with Crippen LogP contribution in [0.1, 0.15) is 30.0 Å². The number of nitrogens with two attached hydrogens (primary N) is 1. The molecule has 2 N–H and O–H groups in total. The van der Waals surface area contributed by atoms with Crippen LogP contribution in [0, 0.1) is 6.92 Å². The summed E-state index contributed by atoms with van der Waals surface area (Å²) in [5.41, 5.74) is 9.26. The molecule has 1 fully saturated rings. The largest absolute Gasteiger partial charge is 0.383 e. The molecule has 4 rings (SSSR count). The maximum atomic E-state index is 5.99.